The number of hydrogen-bond acceptors (Lipinski definition) is 2. The van der Waals surface area contributed by atoms with Crippen molar-refractivity contribution in [3.05, 3.63) is 24.3 Å². The molecule has 1 amide bonds. The molecule has 3 heteroatoms. The van der Waals surface area contributed by atoms with E-state index in [4.69, 9.17) is 4.74 Å². The van der Waals surface area contributed by atoms with Crippen LogP contribution in [0.3, 0.4) is 0 Å². The standard InChI is InChI=1S/C8H8NO2/c1-11-8-4-2-7(3-5-8)9-6-10/h2-5H,1H3,(H,9,10). The fourth-order valence-corrected chi connectivity index (χ4v) is 0.733. The Morgan fingerprint density at radius 3 is 2.45 bits per heavy atom. The molecule has 1 aromatic carbocycles. The van der Waals surface area contributed by atoms with Crippen LogP contribution in [0.4, 0.5) is 5.69 Å². The second-order valence-electron chi connectivity index (χ2n) is 1.96. The van der Waals surface area contributed by atoms with Gasteiger partial charge in [0, 0.05) is 5.69 Å². The maximum Gasteiger partial charge on any atom is 0.314 e. The fraction of sp³-hybridized carbons (Fsp3) is 0.125. The van der Waals surface area contributed by atoms with Crippen molar-refractivity contribution in [3.63, 3.8) is 0 Å². The SMILES string of the molecule is COc1ccc(N[C]=O)cc1. The zero-order valence-electron chi connectivity index (χ0n) is 6.13. The largest absolute Gasteiger partial charge is 0.497 e. The van der Waals surface area contributed by atoms with Crippen molar-refractivity contribution >= 4 is 12.1 Å². The van der Waals surface area contributed by atoms with Crippen LogP contribution in [0.5, 0.6) is 5.75 Å². The zero-order valence-corrected chi connectivity index (χ0v) is 6.13. The summed E-state index contributed by atoms with van der Waals surface area (Å²) in [6.45, 7) is 0. The van der Waals surface area contributed by atoms with Crippen LogP contribution >= 0.6 is 0 Å². The summed E-state index contributed by atoms with van der Waals surface area (Å²) in [7, 11) is 1.59. The van der Waals surface area contributed by atoms with E-state index in [0.717, 1.165) is 5.75 Å². The number of hydrogen-bond donors (Lipinski definition) is 1. The second kappa shape index (κ2) is 3.61. The predicted octanol–water partition coefficient (Wildman–Crippen LogP) is 1.17. The highest BCUT2D eigenvalue weighted by Crippen LogP contribution is 2.13. The summed E-state index contributed by atoms with van der Waals surface area (Å²) in [6, 6.07) is 7.01. The number of amides is 1. The van der Waals surface area contributed by atoms with E-state index >= 15 is 0 Å². The van der Waals surface area contributed by atoms with Crippen LogP contribution in [0.1, 0.15) is 0 Å². The first-order valence-electron chi connectivity index (χ1n) is 3.14. The number of ether oxygens (including phenoxy) is 1. The van der Waals surface area contributed by atoms with E-state index in [1.807, 2.05) is 0 Å². The quantitative estimate of drug-likeness (QED) is 0.657. The smallest absolute Gasteiger partial charge is 0.314 e. The molecule has 0 bridgehead atoms. The summed E-state index contributed by atoms with van der Waals surface area (Å²) in [5.41, 5.74) is 0.709. The Labute approximate surface area is 65.0 Å². The molecular formula is C8H8NO2. The van der Waals surface area contributed by atoms with Gasteiger partial charge in [-0.2, -0.15) is 0 Å². The molecule has 0 aliphatic carbocycles. The predicted molar refractivity (Wildman–Crippen MR) is 42.3 cm³/mol. The average molecular weight is 150 g/mol. The summed E-state index contributed by atoms with van der Waals surface area (Å²) < 4.78 is 4.92. The van der Waals surface area contributed by atoms with Gasteiger partial charge in [0.2, 0.25) is 0 Å². The van der Waals surface area contributed by atoms with E-state index in [-0.39, 0.29) is 0 Å². The lowest BCUT2D eigenvalue weighted by Crippen LogP contribution is -1.92. The Morgan fingerprint density at radius 1 is 1.36 bits per heavy atom. The van der Waals surface area contributed by atoms with Crippen LogP contribution in [0.2, 0.25) is 0 Å². The third kappa shape index (κ3) is 1.97. The number of anilines is 1. The normalized spacial score (nSPS) is 8.82. The van der Waals surface area contributed by atoms with Crippen LogP contribution in [0, 0.1) is 0 Å². The minimum absolute atomic E-state index is 0.709. The molecule has 0 aliphatic heterocycles. The molecule has 0 aliphatic rings. The number of carbonyl (C=O) groups excluding carboxylic acids is 1. The number of rotatable bonds is 3. The van der Waals surface area contributed by atoms with E-state index < -0.39 is 0 Å². The minimum atomic E-state index is 0.709. The van der Waals surface area contributed by atoms with E-state index in [1.54, 1.807) is 37.8 Å². The van der Waals surface area contributed by atoms with Gasteiger partial charge in [-0.25, -0.2) is 0 Å². The Hall–Kier alpha value is -1.51. The lowest BCUT2D eigenvalue weighted by atomic mass is 10.3. The summed E-state index contributed by atoms with van der Waals surface area (Å²) in [5.74, 6) is 0.765. The molecule has 1 aromatic rings. The first kappa shape index (κ1) is 7.60. The van der Waals surface area contributed by atoms with Crippen molar-refractivity contribution in [1.82, 2.24) is 0 Å². The molecule has 57 valence electrons. The van der Waals surface area contributed by atoms with Crippen LogP contribution in [0.25, 0.3) is 0 Å². The van der Waals surface area contributed by atoms with E-state index in [9.17, 15) is 4.79 Å². The highest BCUT2D eigenvalue weighted by Gasteiger charge is 1.90. The van der Waals surface area contributed by atoms with Crippen LogP contribution in [-0.2, 0) is 4.79 Å². The topological polar surface area (TPSA) is 38.3 Å². The second-order valence-corrected chi connectivity index (χ2v) is 1.96. The monoisotopic (exact) mass is 150 g/mol. The summed E-state index contributed by atoms with van der Waals surface area (Å²) >= 11 is 0. The van der Waals surface area contributed by atoms with Gasteiger partial charge in [0.25, 0.3) is 0 Å². The molecule has 0 unspecified atom stereocenters. The van der Waals surface area contributed by atoms with Gasteiger partial charge in [0.05, 0.1) is 7.11 Å². The number of nitrogens with one attached hydrogen (secondary N) is 1. The van der Waals surface area contributed by atoms with Crippen molar-refractivity contribution in [3.8, 4) is 5.75 Å². The Balaban J connectivity index is 2.74. The molecule has 1 N–H and O–H groups in total. The van der Waals surface area contributed by atoms with Crippen LogP contribution in [-0.4, -0.2) is 13.5 Å². The number of methoxy groups -OCH3 is 1. The van der Waals surface area contributed by atoms with Gasteiger partial charge >= 0.3 is 6.41 Å². The van der Waals surface area contributed by atoms with E-state index in [1.165, 1.54) is 0 Å². The van der Waals surface area contributed by atoms with Crippen molar-refractivity contribution in [2.75, 3.05) is 12.4 Å². The highest BCUT2D eigenvalue weighted by atomic mass is 16.5. The molecule has 3 nitrogen and oxygen atoms in total. The molecule has 0 aromatic heterocycles. The highest BCUT2D eigenvalue weighted by molar-refractivity contribution is 5.71. The Morgan fingerprint density at radius 2 is 2.00 bits per heavy atom. The molecule has 0 saturated heterocycles. The molecule has 1 rings (SSSR count). The van der Waals surface area contributed by atoms with Gasteiger partial charge in [-0.3, -0.25) is 4.79 Å². The first-order valence-corrected chi connectivity index (χ1v) is 3.14. The lowest BCUT2D eigenvalue weighted by molar-refractivity contribution is 0.415. The molecule has 0 atom stereocenters. The maximum atomic E-state index is 9.86. The van der Waals surface area contributed by atoms with Crippen LogP contribution < -0.4 is 10.1 Å². The molecular weight excluding hydrogens is 142 g/mol. The minimum Gasteiger partial charge on any atom is -0.497 e. The first-order chi connectivity index (χ1) is 5.36. The summed E-state index contributed by atoms with van der Waals surface area (Å²) in [5, 5.41) is 2.40. The maximum absolute atomic E-state index is 9.86. The molecule has 1 radical (unpaired) electrons. The van der Waals surface area contributed by atoms with E-state index in [0.29, 0.717) is 5.69 Å². The van der Waals surface area contributed by atoms with Crippen molar-refractivity contribution < 1.29 is 9.53 Å². The molecule has 0 fully saturated rings. The summed E-state index contributed by atoms with van der Waals surface area (Å²) in [6.07, 6.45) is 1.58. The van der Waals surface area contributed by atoms with Crippen LogP contribution in [0.15, 0.2) is 24.3 Å². The number of benzene rings is 1. The molecule has 11 heavy (non-hydrogen) atoms. The van der Waals surface area contributed by atoms with Crippen molar-refractivity contribution in [2.24, 2.45) is 0 Å². The van der Waals surface area contributed by atoms with Gasteiger partial charge in [-0.05, 0) is 24.3 Å². The Bertz CT molecular complexity index is 230. The third-order valence-corrected chi connectivity index (χ3v) is 1.29. The summed E-state index contributed by atoms with van der Waals surface area (Å²) in [4.78, 5) is 9.86. The molecule has 0 saturated carbocycles. The van der Waals surface area contributed by atoms with Gasteiger partial charge in [-0.1, -0.05) is 0 Å². The van der Waals surface area contributed by atoms with Crippen molar-refractivity contribution in [1.29, 1.82) is 0 Å². The lowest BCUT2D eigenvalue weighted by Gasteiger charge is -1.99. The third-order valence-electron chi connectivity index (χ3n) is 1.29. The average Bonchev–Trinajstić information content (AvgIpc) is 2.07. The Kier molecular flexibility index (Phi) is 2.49. The molecule has 0 spiro atoms. The molecule has 0 heterocycles. The van der Waals surface area contributed by atoms with Crippen molar-refractivity contribution in [2.45, 2.75) is 0 Å². The van der Waals surface area contributed by atoms with Gasteiger partial charge in [-0.15, -0.1) is 0 Å². The van der Waals surface area contributed by atoms with Gasteiger partial charge in [0.15, 0.2) is 0 Å². The fourth-order valence-electron chi connectivity index (χ4n) is 0.733. The van der Waals surface area contributed by atoms with Gasteiger partial charge in [0.1, 0.15) is 5.75 Å². The zero-order chi connectivity index (χ0) is 8.10. The van der Waals surface area contributed by atoms with E-state index in [2.05, 4.69) is 5.32 Å². The van der Waals surface area contributed by atoms with Gasteiger partial charge < -0.3 is 10.1 Å².